The summed E-state index contributed by atoms with van der Waals surface area (Å²) >= 11 is 6.05. The van der Waals surface area contributed by atoms with Gasteiger partial charge in [0, 0.05) is 11.3 Å². The average molecular weight is 395 g/mol. The SMILES string of the molecule is Cc1nn(-c2ccc(F)cc2)c(C)c1/C=C(\C#N)C(=O)Nc1ccccc1Cl. The van der Waals surface area contributed by atoms with Gasteiger partial charge in [-0.1, -0.05) is 23.7 Å². The van der Waals surface area contributed by atoms with Crippen molar-refractivity contribution in [2.24, 2.45) is 0 Å². The maximum Gasteiger partial charge on any atom is 0.266 e. The van der Waals surface area contributed by atoms with Crippen molar-refractivity contribution in [3.8, 4) is 11.8 Å². The molecule has 7 heteroatoms. The topological polar surface area (TPSA) is 70.7 Å². The molecule has 3 aromatic rings. The largest absolute Gasteiger partial charge is 0.320 e. The van der Waals surface area contributed by atoms with Crippen molar-refractivity contribution in [2.45, 2.75) is 13.8 Å². The van der Waals surface area contributed by atoms with Gasteiger partial charge in [-0.25, -0.2) is 9.07 Å². The summed E-state index contributed by atoms with van der Waals surface area (Å²) < 4.78 is 14.8. The van der Waals surface area contributed by atoms with Gasteiger partial charge in [-0.3, -0.25) is 4.79 Å². The van der Waals surface area contributed by atoms with Gasteiger partial charge in [0.25, 0.3) is 5.91 Å². The average Bonchev–Trinajstić information content (AvgIpc) is 2.96. The second-order valence-electron chi connectivity index (χ2n) is 6.08. The van der Waals surface area contributed by atoms with Crippen LogP contribution in [0.25, 0.3) is 11.8 Å². The Morgan fingerprint density at radius 3 is 2.54 bits per heavy atom. The van der Waals surface area contributed by atoms with Crippen molar-refractivity contribution in [1.29, 1.82) is 5.26 Å². The van der Waals surface area contributed by atoms with Crippen LogP contribution in [0.1, 0.15) is 17.0 Å². The molecule has 0 radical (unpaired) electrons. The fourth-order valence-electron chi connectivity index (χ4n) is 2.74. The second-order valence-corrected chi connectivity index (χ2v) is 6.48. The van der Waals surface area contributed by atoms with Crippen molar-refractivity contribution in [2.75, 3.05) is 5.32 Å². The summed E-state index contributed by atoms with van der Waals surface area (Å²) in [6, 6.07) is 14.6. The number of nitrogens with one attached hydrogen (secondary N) is 1. The van der Waals surface area contributed by atoms with E-state index in [-0.39, 0.29) is 11.4 Å². The molecule has 1 heterocycles. The van der Waals surface area contributed by atoms with Gasteiger partial charge in [0.15, 0.2) is 0 Å². The third-order valence-electron chi connectivity index (χ3n) is 4.19. The van der Waals surface area contributed by atoms with E-state index in [0.29, 0.717) is 27.7 Å². The van der Waals surface area contributed by atoms with Crippen LogP contribution in [0.5, 0.6) is 0 Å². The van der Waals surface area contributed by atoms with Crippen molar-refractivity contribution >= 4 is 29.3 Å². The van der Waals surface area contributed by atoms with Gasteiger partial charge < -0.3 is 5.32 Å². The van der Waals surface area contributed by atoms with E-state index in [1.165, 1.54) is 18.2 Å². The summed E-state index contributed by atoms with van der Waals surface area (Å²) in [5, 5.41) is 16.9. The Hall–Kier alpha value is -3.43. The molecule has 1 aromatic heterocycles. The smallest absolute Gasteiger partial charge is 0.266 e. The lowest BCUT2D eigenvalue weighted by atomic mass is 10.1. The predicted molar refractivity (Wildman–Crippen MR) is 107 cm³/mol. The van der Waals surface area contributed by atoms with E-state index in [0.717, 1.165) is 5.69 Å². The molecule has 1 N–H and O–H groups in total. The molecule has 0 aliphatic rings. The minimum Gasteiger partial charge on any atom is -0.320 e. The van der Waals surface area contributed by atoms with Crippen molar-refractivity contribution in [3.05, 3.63) is 81.9 Å². The van der Waals surface area contributed by atoms with Crippen LogP contribution in [0.2, 0.25) is 5.02 Å². The Balaban J connectivity index is 1.95. The minimum absolute atomic E-state index is 0.0789. The van der Waals surface area contributed by atoms with Crippen molar-refractivity contribution in [3.63, 3.8) is 0 Å². The lowest BCUT2D eigenvalue weighted by Crippen LogP contribution is -2.13. The number of benzene rings is 2. The number of para-hydroxylation sites is 1. The molecule has 140 valence electrons. The van der Waals surface area contributed by atoms with Gasteiger partial charge in [-0.2, -0.15) is 10.4 Å². The number of aromatic nitrogens is 2. The minimum atomic E-state index is -0.566. The monoisotopic (exact) mass is 394 g/mol. The van der Waals surface area contributed by atoms with Crippen LogP contribution in [0.15, 0.2) is 54.1 Å². The Labute approximate surface area is 166 Å². The van der Waals surface area contributed by atoms with E-state index < -0.39 is 5.91 Å². The number of anilines is 1. The van der Waals surface area contributed by atoms with Crippen LogP contribution in [-0.2, 0) is 4.79 Å². The molecule has 0 aliphatic carbocycles. The molecule has 3 rings (SSSR count). The van der Waals surface area contributed by atoms with Crippen LogP contribution in [0.3, 0.4) is 0 Å². The zero-order chi connectivity index (χ0) is 20.3. The molecule has 0 spiro atoms. The van der Waals surface area contributed by atoms with Gasteiger partial charge in [-0.05, 0) is 56.3 Å². The first-order valence-electron chi connectivity index (χ1n) is 8.40. The third-order valence-corrected chi connectivity index (χ3v) is 4.52. The number of rotatable bonds is 4. The van der Waals surface area contributed by atoms with Gasteiger partial charge in [-0.15, -0.1) is 0 Å². The molecule has 1 amide bonds. The van der Waals surface area contributed by atoms with Gasteiger partial charge in [0.2, 0.25) is 0 Å². The van der Waals surface area contributed by atoms with Crippen LogP contribution in [0, 0.1) is 31.0 Å². The molecule has 0 fully saturated rings. The number of nitrogens with zero attached hydrogens (tertiary/aromatic N) is 3. The molecular formula is C21H16ClFN4O. The van der Waals surface area contributed by atoms with Crippen molar-refractivity contribution < 1.29 is 9.18 Å². The van der Waals surface area contributed by atoms with Crippen LogP contribution in [0.4, 0.5) is 10.1 Å². The summed E-state index contributed by atoms with van der Waals surface area (Å²) in [7, 11) is 0. The van der Waals surface area contributed by atoms with E-state index in [1.54, 1.807) is 48.0 Å². The fourth-order valence-corrected chi connectivity index (χ4v) is 2.93. The van der Waals surface area contributed by atoms with Crippen LogP contribution in [-0.4, -0.2) is 15.7 Å². The highest BCUT2D eigenvalue weighted by atomic mass is 35.5. The lowest BCUT2D eigenvalue weighted by molar-refractivity contribution is -0.112. The van der Waals surface area contributed by atoms with Crippen molar-refractivity contribution in [1.82, 2.24) is 9.78 Å². The van der Waals surface area contributed by atoms with Gasteiger partial charge >= 0.3 is 0 Å². The summed E-state index contributed by atoms with van der Waals surface area (Å²) in [5.74, 6) is -0.905. The van der Waals surface area contributed by atoms with Crippen LogP contribution >= 0.6 is 11.6 Å². The number of nitriles is 1. The summed E-state index contributed by atoms with van der Waals surface area (Å²) in [4.78, 5) is 12.5. The highest BCUT2D eigenvalue weighted by molar-refractivity contribution is 6.34. The highest BCUT2D eigenvalue weighted by Crippen LogP contribution is 2.23. The Morgan fingerprint density at radius 2 is 1.89 bits per heavy atom. The number of aryl methyl sites for hydroxylation is 1. The summed E-state index contributed by atoms with van der Waals surface area (Å²) in [6.45, 7) is 3.59. The van der Waals surface area contributed by atoms with E-state index in [9.17, 15) is 14.4 Å². The molecule has 0 unspecified atom stereocenters. The molecule has 0 aliphatic heterocycles. The van der Waals surface area contributed by atoms with Gasteiger partial charge in [0.05, 0.1) is 22.1 Å². The molecule has 0 atom stereocenters. The summed E-state index contributed by atoms with van der Waals surface area (Å²) in [6.07, 6.45) is 1.49. The first-order chi connectivity index (χ1) is 13.4. The zero-order valence-corrected chi connectivity index (χ0v) is 16.0. The maximum absolute atomic E-state index is 13.2. The molecule has 0 bridgehead atoms. The van der Waals surface area contributed by atoms with E-state index in [1.807, 2.05) is 13.0 Å². The second kappa shape index (κ2) is 8.07. The first-order valence-corrected chi connectivity index (χ1v) is 8.78. The standard InChI is InChI=1S/C21H16ClFN4O/c1-13-18(14(2)27(26-13)17-9-7-16(23)8-10-17)11-15(12-24)21(28)25-20-6-4-3-5-19(20)22/h3-11H,1-2H3,(H,25,28)/b15-11+. The Kier molecular flexibility index (Phi) is 5.57. The molecule has 0 saturated carbocycles. The summed E-state index contributed by atoms with van der Waals surface area (Å²) in [5.41, 5.74) is 3.04. The number of carbonyl (C=O) groups excluding carboxylic acids is 1. The normalized spacial score (nSPS) is 11.2. The third kappa shape index (κ3) is 3.95. The predicted octanol–water partition coefficient (Wildman–Crippen LogP) is 4.83. The quantitative estimate of drug-likeness (QED) is 0.509. The van der Waals surface area contributed by atoms with E-state index in [2.05, 4.69) is 10.4 Å². The maximum atomic E-state index is 13.2. The zero-order valence-electron chi connectivity index (χ0n) is 15.2. The first kappa shape index (κ1) is 19.3. The Bertz CT molecular complexity index is 1110. The number of halogens is 2. The number of amides is 1. The van der Waals surface area contributed by atoms with E-state index >= 15 is 0 Å². The highest BCUT2D eigenvalue weighted by Gasteiger charge is 2.16. The number of carbonyl (C=O) groups is 1. The van der Waals surface area contributed by atoms with Crippen LogP contribution < -0.4 is 5.32 Å². The molecule has 0 saturated heterocycles. The number of hydrogen-bond donors (Lipinski definition) is 1. The number of hydrogen-bond acceptors (Lipinski definition) is 3. The van der Waals surface area contributed by atoms with Gasteiger partial charge in [0.1, 0.15) is 17.5 Å². The molecule has 28 heavy (non-hydrogen) atoms. The molecular weight excluding hydrogens is 379 g/mol. The Morgan fingerprint density at radius 1 is 1.21 bits per heavy atom. The fraction of sp³-hybridized carbons (Fsp3) is 0.0952. The van der Waals surface area contributed by atoms with E-state index in [4.69, 9.17) is 11.6 Å². The lowest BCUT2D eigenvalue weighted by Gasteiger charge is -2.06. The molecule has 5 nitrogen and oxygen atoms in total. The molecule has 2 aromatic carbocycles.